The number of sulfonamides is 1. The molecule has 128 valence electrons. The Labute approximate surface area is 137 Å². The number of rotatable bonds is 5. The molecule has 2 N–H and O–H groups in total. The fourth-order valence-electron chi connectivity index (χ4n) is 1.96. The molecule has 2 aromatic carbocycles. The van der Waals surface area contributed by atoms with Gasteiger partial charge in [-0.1, -0.05) is 0 Å². The van der Waals surface area contributed by atoms with E-state index < -0.39 is 26.6 Å². The smallest absolute Gasteiger partial charge is 0.264 e. The minimum Gasteiger partial charge on any atom is -0.495 e. The van der Waals surface area contributed by atoms with E-state index in [4.69, 9.17) is 4.74 Å². The predicted octanol–water partition coefficient (Wildman–Crippen LogP) is 2.73. The van der Waals surface area contributed by atoms with Crippen molar-refractivity contribution in [1.82, 2.24) is 0 Å². The van der Waals surface area contributed by atoms with Crippen molar-refractivity contribution in [2.75, 3.05) is 17.1 Å². The molecule has 0 aliphatic carbocycles. The second kappa shape index (κ2) is 6.83. The maximum absolute atomic E-state index is 13.7. The van der Waals surface area contributed by atoms with Crippen LogP contribution in [0.2, 0.25) is 0 Å². The highest BCUT2D eigenvalue weighted by Gasteiger charge is 2.20. The van der Waals surface area contributed by atoms with Gasteiger partial charge in [-0.25, -0.2) is 17.2 Å². The van der Waals surface area contributed by atoms with Crippen LogP contribution in [-0.2, 0) is 14.8 Å². The number of methoxy groups -OCH3 is 1. The molecule has 0 fully saturated rings. The van der Waals surface area contributed by atoms with Gasteiger partial charge in [0.2, 0.25) is 5.91 Å². The van der Waals surface area contributed by atoms with E-state index >= 15 is 0 Å². The minimum atomic E-state index is -4.27. The molecule has 0 aliphatic heterocycles. The quantitative estimate of drug-likeness (QED) is 0.863. The molecular weight excluding hydrogens is 342 g/mol. The number of halogens is 2. The number of benzene rings is 2. The van der Waals surface area contributed by atoms with Gasteiger partial charge in [-0.3, -0.25) is 9.52 Å². The summed E-state index contributed by atoms with van der Waals surface area (Å²) in [4.78, 5) is 10.5. The highest BCUT2D eigenvalue weighted by Crippen LogP contribution is 2.29. The van der Waals surface area contributed by atoms with Gasteiger partial charge in [0, 0.05) is 13.0 Å². The standard InChI is InChI=1S/C15H14F2N2O4S/c1-9(20)18-13-8-11(4-5-14(13)23-2)19-24(21,22)15-6-3-10(16)7-12(15)17/h3-8,19H,1-2H3,(H,18,20). The molecule has 1 amide bonds. The molecule has 0 radical (unpaired) electrons. The Hall–Kier alpha value is -2.68. The summed E-state index contributed by atoms with van der Waals surface area (Å²) in [5.74, 6) is -2.15. The van der Waals surface area contributed by atoms with Crippen LogP contribution >= 0.6 is 0 Å². The Bertz CT molecular complexity index is 885. The predicted molar refractivity (Wildman–Crippen MR) is 84.5 cm³/mol. The Morgan fingerprint density at radius 1 is 1.12 bits per heavy atom. The molecule has 0 spiro atoms. The van der Waals surface area contributed by atoms with E-state index in [1.165, 1.54) is 32.2 Å². The van der Waals surface area contributed by atoms with Crippen molar-refractivity contribution in [2.24, 2.45) is 0 Å². The summed E-state index contributed by atoms with van der Waals surface area (Å²) >= 11 is 0. The van der Waals surface area contributed by atoms with Gasteiger partial charge in [-0.05, 0) is 30.3 Å². The average molecular weight is 356 g/mol. The first-order chi connectivity index (χ1) is 11.2. The molecule has 0 saturated heterocycles. The monoisotopic (exact) mass is 356 g/mol. The molecule has 0 aromatic heterocycles. The van der Waals surface area contributed by atoms with Crippen LogP contribution in [0.3, 0.4) is 0 Å². The zero-order valence-electron chi connectivity index (χ0n) is 12.8. The molecule has 6 nitrogen and oxygen atoms in total. The van der Waals surface area contributed by atoms with Gasteiger partial charge in [-0.2, -0.15) is 0 Å². The van der Waals surface area contributed by atoms with Gasteiger partial charge >= 0.3 is 0 Å². The Balaban J connectivity index is 2.37. The van der Waals surface area contributed by atoms with Crippen LogP contribution in [0.1, 0.15) is 6.92 Å². The Morgan fingerprint density at radius 3 is 2.42 bits per heavy atom. The topological polar surface area (TPSA) is 84.5 Å². The number of anilines is 2. The fourth-order valence-corrected chi connectivity index (χ4v) is 3.07. The molecule has 9 heteroatoms. The molecule has 0 bridgehead atoms. The SMILES string of the molecule is COc1ccc(NS(=O)(=O)c2ccc(F)cc2F)cc1NC(C)=O. The first kappa shape index (κ1) is 17.7. The van der Waals surface area contributed by atoms with Crippen LogP contribution in [0.25, 0.3) is 0 Å². The van der Waals surface area contributed by atoms with Crippen molar-refractivity contribution in [3.8, 4) is 5.75 Å². The zero-order valence-corrected chi connectivity index (χ0v) is 13.6. The van der Waals surface area contributed by atoms with Crippen LogP contribution in [0.5, 0.6) is 5.75 Å². The van der Waals surface area contributed by atoms with Crippen molar-refractivity contribution in [3.63, 3.8) is 0 Å². The van der Waals surface area contributed by atoms with Gasteiger partial charge < -0.3 is 10.1 Å². The normalized spacial score (nSPS) is 11.0. The van der Waals surface area contributed by atoms with Crippen molar-refractivity contribution >= 4 is 27.3 Å². The lowest BCUT2D eigenvalue weighted by molar-refractivity contribution is -0.114. The third-order valence-corrected chi connectivity index (χ3v) is 4.36. The summed E-state index contributed by atoms with van der Waals surface area (Å²) in [5, 5.41) is 2.49. The van der Waals surface area contributed by atoms with Gasteiger partial charge in [0.05, 0.1) is 18.5 Å². The second-order valence-corrected chi connectivity index (χ2v) is 6.43. The van der Waals surface area contributed by atoms with Crippen molar-refractivity contribution in [1.29, 1.82) is 0 Å². The average Bonchev–Trinajstić information content (AvgIpc) is 2.46. The van der Waals surface area contributed by atoms with Gasteiger partial charge in [-0.15, -0.1) is 0 Å². The number of nitrogens with one attached hydrogen (secondary N) is 2. The highest BCUT2D eigenvalue weighted by molar-refractivity contribution is 7.92. The molecule has 2 aromatic rings. The van der Waals surface area contributed by atoms with Crippen LogP contribution in [-0.4, -0.2) is 21.4 Å². The van der Waals surface area contributed by atoms with E-state index in [1.54, 1.807) is 0 Å². The van der Waals surface area contributed by atoms with Gasteiger partial charge in [0.1, 0.15) is 22.3 Å². The number of carbonyl (C=O) groups is 1. The molecular formula is C15H14F2N2O4S. The number of ether oxygens (including phenoxy) is 1. The number of hydrogen-bond acceptors (Lipinski definition) is 4. The third kappa shape index (κ3) is 3.99. The fraction of sp³-hybridized carbons (Fsp3) is 0.133. The summed E-state index contributed by atoms with van der Waals surface area (Å²) in [6.07, 6.45) is 0. The summed E-state index contributed by atoms with van der Waals surface area (Å²) in [6.45, 7) is 1.28. The Morgan fingerprint density at radius 2 is 1.83 bits per heavy atom. The molecule has 0 unspecified atom stereocenters. The van der Waals surface area contributed by atoms with E-state index in [9.17, 15) is 22.0 Å². The summed E-state index contributed by atoms with van der Waals surface area (Å²) < 4.78 is 58.3. The van der Waals surface area contributed by atoms with E-state index in [2.05, 4.69) is 10.0 Å². The Kier molecular flexibility index (Phi) is 5.03. The summed E-state index contributed by atoms with van der Waals surface area (Å²) in [5.41, 5.74) is 0.313. The first-order valence-electron chi connectivity index (χ1n) is 6.66. The molecule has 0 aliphatic rings. The van der Waals surface area contributed by atoms with Gasteiger partial charge in [0.15, 0.2) is 0 Å². The third-order valence-electron chi connectivity index (χ3n) is 2.95. The summed E-state index contributed by atoms with van der Waals surface area (Å²) in [7, 11) is -2.88. The number of hydrogen-bond donors (Lipinski definition) is 2. The maximum atomic E-state index is 13.7. The van der Waals surface area contributed by atoms with E-state index in [-0.39, 0.29) is 17.3 Å². The molecule has 2 rings (SSSR count). The van der Waals surface area contributed by atoms with Crippen molar-refractivity contribution in [3.05, 3.63) is 48.0 Å². The molecule has 0 saturated carbocycles. The van der Waals surface area contributed by atoms with E-state index in [0.29, 0.717) is 11.8 Å². The molecule has 24 heavy (non-hydrogen) atoms. The minimum absolute atomic E-state index is 0.0725. The van der Waals surface area contributed by atoms with Crippen molar-refractivity contribution < 1.29 is 26.7 Å². The second-order valence-electron chi connectivity index (χ2n) is 4.78. The number of amides is 1. The lowest BCUT2D eigenvalue weighted by Crippen LogP contribution is -2.15. The first-order valence-corrected chi connectivity index (χ1v) is 8.15. The van der Waals surface area contributed by atoms with Crippen molar-refractivity contribution in [2.45, 2.75) is 11.8 Å². The number of carbonyl (C=O) groups excluding carboxylic acids is 1. The van der Waals surface area contributed by atoms with Gasteiger partial charge in [0.25, 0.3) is 10.0 Å². The van der Waals surface area contributed by atoms with Crippen LogP contribution < -0.4 is 14.8 Å². The zero-order chi connectivity index (χ0) is 17.9. The van der Waals surface area contributed by atoms with E-state index in [1.807, 2.05) is 0 Å². The maximum Gasteiger partial charge on any atom is 0.264 e. The highest BCUT2D eigenvalue weighted by atomic mass is 32.2. The summed E-state index contributed by atoms with van der Waals surface area (Å²) in [6, 6.07) is 6.28. The largest absolute Gasteiger partial charge is 0.495 e. The lowest BCUT2D eigenvalue weighted by Gasteiger charge is -2.13. The van der Waals surface area contributed by atoms with Crippen LogP contribution in [0.4, 0.5) is 20.2 Å². The molecule has 0 atom stereocenters. The van der Waals surface area contributed by atoms with E-state index in [0.717, 1.165) is 12.1 Å². The van der Waals surface area contributed by atoms with Crippen LogP contribution in [0, 0.1) is 11.6 Å². The lowest BCUT2D eigenvalue weighted by atomic mass is 10.2. The molecule has 0 heterocycles. The van der Waals surface area contributed by atoms with Crippen LogP contribution in [0.15, 0.2) is 41.3 Å².